The van der Waals surface area contributed by atoms with Crippen molar-refractivity contribution in [2.24, 2.45) is 0 Å². The number of benzene rings is 1. The minimum Gasteiger partial charge on any atom is -0.462 e. The zero-order chi connectivity index (χ0) is 14.0. The summed E-state index contributed by atoms with van der Waals surface area (Å²) in [6.45, 7) is 2.09. The number of halogens is 1. The van der Waals surface area contributed by atoms with E-state index in [1.54, 1.807) is 19.1 Å². The van der Waals surface area contributed by atoms with Crippen molar-refractivity contribution in [3.63, 3.8) is 0 Å². The van der Waals surface area contributed by atoms with Gasteiger partial charge in [0.05, 0.1) is 15.8 Å². The van der Waals surface area contributed by atoms with Crippen LogP contribution < -0.4 is 0 Å². The lowest BCUT2D eigenvalue weighted by atomic mass is 10.1. The molecule has 2 rings (SSSR count). The Bertz CT molecular complexity index is 649. The Labute approximate surface area is 123 Å². The van der Waals surface area contributed by atoms with E-state index in [1.165, 1.54) is 23.1 Å². The molecule has 0 aliphatic carbocycles. The van der Waals surface area contributed by atoms with E-state index < -0.39 is 0 Å². The zero-order valence-corrected chi connectivity index (χ0v) is 12.7. The van der Waals surface area contributed by atoms with E-state index in [9.17, 15) is 9.59 Å². The molecule has 0 aliphatic rings. The normalized spacial score (nSPS) is 10.7. The first kappa shape index (κ1) is 14.4. The molecule has 0 saturated heterocycles. The summed E-state index contributed by atoms with van der Waals surface area (Å²) in [4.78, 5) is 23.4. The molecule has 6 heteroatoms. The Morgan fingerprint density at radius 1 is 1.53 bits per heavy atom. The molecule has 0 unspecified atom stereocenters. The Morgan fingerprint density at radius 3 is 2.84 bits per heavy atom. The van der Waals surface area contributed by atoms with Gasteiger partial charge in [0, 0.05) is 16.3 Å². The van der Waals surface area contributed by atoms with E-state index in [1.807, 2.05) is 6.26 Å². The number of aldehydes is 1. The maximum atomic E-state index is 11.9. The van der Waals surface area contributed by atoms with E-state index in [-0.39, 0.29) is 5.97 Å². The van der Waals surface area contributed by atoms with Gasteiger partial charge in [-0.3, -0.25) is 4.79 Å². The van der Waals surface area contributed by atoms with Crippen LogP contribution in [0.4, 0.5) is 0 Å². The number of carbonyl (C=O) groups is 2. The minimum absolute atomic E-state index is 0.326. The van der Waals surface area contributed by atoms with Crippen molar-refractivity contribution in [3.8, 4) is 0 Å². The van der Waals surface area contributed by atoms with Crippen molar-refractivity contribution in [2.75, 3.05) is 12.9 Å². The average Bonchev–Trinajstić information content (AvgIpc) is 2.79. The first-order chi connectivity index (χ1) is 9.13. The lowest BCUT2D eigenvalue weighted by Gasteiger charge is -2.02. The van der Waals surface area contributed by atoms with Crippen molar-refractivity contribution in [3.05, 3.63) is 27.6 Å². The van der Waals surface area contributed by atoms with Gasteiger partial charge in [0.1, 0.15) is 4.88 Å². The Hall–Kier alpha value is -1.04. The fourth-order valence-electron chi connectivity index (χ4n) is 1.76. The number of fused-ring (bicyclic) bond motifs is 1. The van der Waals surface area contributed by atoms with Crippen LogP contribution in [0.1, 0.15) is 27.0 Å². The summed E-state index contributed by atoms with van der Waals surface area (Å²) in [5.74, 6) is -0.354. The fraction of sp³-hybridized carbons (Fsp3) is 0.231. The molecule has 0 radical (unpaired) electrons. The Morgan fingerprint density at radius 2 is 2.26 bits per heavy atom. The number of hydrogen-bond acceptors (Lipinski definition) is 5. The van der Waals surface area contributed by atoms with E-state index in [0.717, 1.165) is 15.0 Å². The third kappa shape index (κ3) is 2.50. The first-order valence-corrected chi connectivity index (χ1v) is 7.97. The van der Waals surface area contributed by atoms with Crippen LogP contribution in [-0.4, -0.2) is 25.1 Å². The molecule has 0 spiro atoms. The largest absolute Gasteiger partial charge is 0.462 e. The molecule has 1 aromatic heterocycles. The highest BCUT2D eigenvalue weighted by atomic mass is 35.5. The van der Waals surface area contributed by atoms with Crippen LogP contribution in [0.3, 0.4) is 0 Å². The number of carbonyl (C=O) groups excluding carboxylic acids is 2. The summed E-state index contributed by atoms with van der Waals surface area (Å²) in [5, 5.41) is 1.89. The molecule has 0 N–H and O–H groups in total. The molecule has 3 nitrogen and oxygen atoms in total. The van der Waals surface area contributed by atoms with Gasteiger partial charge >= 0.3 is 5.97 Å². The summed E-state index contributed by atoms with van der Waals surface area (Å²) in [6.07, 6.45) is 2.62. The molecular weight excluding hydrogens is 304 g/mol. The van der Waals surface area contributed by atoms with E-state index in [2.05, 4.69) is 0 Å². The molecule has 0 saturated carbocycles. The van der Waals surface area contributed by atoms with Gasteiger partial charge in [0.25, 0.3) is 0 Å². The van der Waals surface area contributed by atoms with Gasteiger partial charge in [-0.05, 0) is 19.2 Å². The lowest BCUT2D eigenvalue weighted by molar-refractivity contribution is 0.0534. The van der Waals surface area contributed by atoms with Gasteiger partial charge in [-0.2, -0.15) is 0 Å². The molecule has 0 atom stereocenters. The van der Waals surface area contributed by atoms with Crippen molar-refractivity contribution in [1.29, 1.82) is 0 Å². The maximum absolute atomic E-state index is 11.9. The first-order valence-electron chi connectivity index (χ1n) is 5.55. The molecule has 0 fully saturated rings. The molecule has 1 aromatic carbocycles. The summed E-state index contributed by atoms with van der Waals surface area (Å²) in [6, 6.07) is 3.37. The molecular formula is C13H11ClO3S2. The van der Waals surface area contributed by atoms with Crippen LogP contribution in [0.5, 0.6) is 0 Å². The molecule has 0 aliphatic heterocycles. The van der Waals surface area contributed by atoms with E-state index in [4.69, 9.17) is 16.3 Å². The second-order valence-corrected chi connectivity index (χ2v) is 6.13. The standard InChI is InChI=1S/C13H11ClO3S2/c1-3-17-12(16)11-8-5-4-7(6-15)10(14)9(8)13(18-2)19-11/h4-6H,3H2,1-2H3. The summed E-state index contributed by atoms with van der Waals surface area (Å²) < 4.78 is 5.95. The molecule has 1 heterocycles. The highest BCUT2D eigenvalue weighted by Gasteiger charge is 2.21. The second-order valence-electron chi connectivity index (χ2n) is 3.65. The Balaban J connectivity index is 2.73. The lowest BCUT2D eigenvalue weighted by Crippen LogP contribution is -2.02. The van der Waals surface area contributed by atoms with E-state index in [0.29, 0.717) is 28.4 Å². The molecule has 100 valence electrons. The van der Waals surface area contributed by atoms with Crippen molar-refractivity contribution < 1.29 is 14.3 Å². The van der Waals surface area contributed by atoms with Crippen LogP contribution in [0.2, 0.25) is 5.02 Å². The second kappa shape index (κ2) is 5.94. The number of hydrogen-bond donors (Lipinski definition) is 0. The summed E-state index contributed by atoms with van der Waals surface area (Å²) in [7, 11) is 0. The highest BCUT2D eigenvalue weighted by Crippen LogP contribution is 2.42. The smallest absolute Gasteiger partial charge is 0.348 e. The van der Waals surface area contributed by atoms with Gasteiger partial charge in [0.2, 0.25) is 0 Å². The van der Waals surface area contributed by atoms with Gasteiger partial charge in [-0.1, -0.05) is 17.7 Å². The topological polar surface area (TPSA) is 43.4 Å². The van der Waals surface area contributed by atoms with Crippen molar-refractivity contribution in [2.45, 2.75) is 11.1 Å². The molecule has 19 heavy (non-hydrogen) atoms. The number of ether oxygens (including phenoxy) is 1. The van der Waals surface area contributed by atoms with Crippen LogP contribution in [0.25, 0.3) is 10.8 Å². The summed E-state index contributed by atoms with van der Waals surface area (Å²) >= 11 is 9.07. The van der Waals surface area contributed by atoms with Crippen LogP contribution in [0.15, 0.2) is 16.3 Å². The number of thiophene rings is 1. The highest BCUT2D eigenvalue weighted by molar-refractivity contribution is 8.00. The SMILES string of the molecule is CCOC(=O)c1sc(SC)c2c(Cl)c(C=O)ccc12. The third-order valence-corrected chi connectivity index (χ3v) is 5.30. The summed E-state index contributed by atoms with van der Waals surface area (Å²) in [5.41, 5.74) is 0.428. The van der Waals surface area contributed by atoms with Crippen molar-refractivity contribution in [1.82, 2.24) is 0 Å². The zero-order valence-electron chi connectivity index (χ0n) is 10.4. The van der Waals surface area contributed by atoms with Crippen molar-refractivity contribution >= 4 is 57.7 Å². The number of rotatable bonds is 4. The van der Waals surface area contributed by atoms with Crippen LogP contribution in [-0.2, 0) is 4.74 Å². The quantitative estimate of drug-likeness (QED) is 0.480. The van der Waals surface area contributed by atoms with Crippen LogP contribution in [0, 0.1) is 0 Å². The van der Waals surface area contributed by atoms with Gasteiger partial charge in [-0.25, -0.2) is 4.79 Å². The fourth-order valence-corrected chi connectivity index (χ4v) is 4.10. The van der Waals surface area contributed by atoms with Gasteiger partial charge < -0.3 is 4.74 Å². The maximum Gasteiger partial charge on any atom is 0.348 e. The molecule has 0 bridgehead atoms. The molecule has 0 amide bonds. The number of esters is 1. The third-order valence-electron chi connectivity index (χ3n) is 2.59. The predicted octanol–water partition coefficient (Wildman–Crippen LogP) is 4.27. The predicted molar refractivity (Wildman–Crippen MR) is 80.0 cm³/mol. The minimum atomic E-state index is -0.354. The number of thioether (sulfide) groups is 1. The average molecular weight is 315 g/mol. The van der Waals surface area contributed by atoms with Gasteiger partial charge in [0.15, 0.2) is 6.29 Å². The van der Waals surface area contributed by atoms with Crippen LogP contribution >= 0.6 is 34.7 Å². The monoisotopic (exact) mass is 314 g/mol. The van der Waals surface area contributed by atoms with Gasteiger partial charge in [-0.15, -0.1) is 23.1 Å². The van der Waals surface area contributed by atoms with E-state index >= 15 is 0 Å². The Kier molecular flexibility index (Phi) is 4.50. The molecule has 2 aromatic rings.